The van der Waals surface area contributed by atoms with Gasteiger partial charge in [0.05, 0.1) is 6.54 Å². The van der Waals surface area contributed by atoms with E-state index in [4.69, 9.17) is 5.11 Å². The zero-order chi connectivity index (χ0) is 18.4. The van der Waals surface area contributed by atoms with Crippen molar-refractivity contribution in [2.24, 2.45) is 0 Å². The monoisotopic (exact) mass is 383 g/mol. The van der Waals surface area contributed by atoms with E-state index in [2.05, 4.69) is 4.90 Å². The van der Waals surface area contributed by atoms with Gasteiger partial charge in [-0.25, -0.2) is 0 Å². The van der Waals surface area contributed by atoms with Gasteiger partial charge in [-0.1, -0.05) is 30.3 Å². The normalized spacial score (nSPS) is 19.3. The number of hydrogen-bond acceptors (Lipinski definition) is 4. The lowest BCUT2D eigenvalue weighted by atomic mass is 10.0. The maximum absolute atomic E-state index is 12.8. The highest BCUT2D eigenvalue weighted by atomic mass is 35.5. The Labute approximate surface area is 162 Å². The summed E-state index contributed by atoms with van der Waals surface area (Å²) in [4.78, 5) is 29.6. The van der Waals surface area contributed by atoms with Crippen LogP contribution in [0.25, 0.3) is 0 Å². The summed E-state index contributed by atoms with van der Waals surface area (Å²) in [5, 5.41) is 9.01. The second-order valence-electron chi connectivity index (χ2n) is 6.98. The summed E-state index contributed by atoms with van der Waals surface area (Å²) in [6.45, 7) is 1.69. The highest BCUT2D eigenvalue weighted by Gasteiger charge is 2.31. The number of carboxylic acid groups (broad SMARTS) is 1. The topological polar surface area (TPSA) is 64.1 Å². The Morgan fingerprint density at radius 1 is 1.15 bits per heavy atom. The first kappa shape index (κ1) is 22.4. The zero-order valence-corrected chi connectivity index (χ0v) is 16.6. The van der Waals surface area contributed by atoms with Gasteiger partial charge in [0.25, 0.3) is 0 Å². The molecule has 1 aromatic rings. The highest BCUT2D eigenvalue weighted by Crippen LogP contribution is 2.27. The van der Waals surface area contributed by atoms with Gasteiger partial charge in [-0.05, 0) is 38.4 Å². The first-order chi connectivity index (χ1) is 11.9. The summed E-state index contributed by atoms with van der Waals surface area (Å²) in [5.41, 5.74) is 1.01. The Morgan fingerprint density at radius 2 is 1.81 bits per heavy atom. The Morgan fingerprint density at radius 3 is 2.38 bits per heavy atom. The summed E-state index contributed by atoms with van der Waals surface area (Å²) in [6, 6.07) is 9.86. The number of hydrogen-bond donors (Lipinski definition) is 1. The van der Waals surface area contributed by atoms with Gasteiger partial charge in [0, 0.05) is 26.7 Å². The molecule has 7 heteroatoms. The molecule has 26 heavy (non-hydrogen) atoms. The van der Waals surface area contributed by atoms with E-state index in [0.717, 1.165) is 37.9 Å². The maximum Gasteiger partial charge on any atom is 0.317 e. The average molecular weight is 384 g/mol. The number of likely N-dealkylation sites (tertiary alicyclic amines) is 1. The van der Waals surface area contributed by atoms with Crippen molar-refractivity contribution in [2.75, 3.05) is 40.8 Å². The van der Waals surface area contributed by atoms with Crippen LogP contribution in [-0.2, 0) is 9.59 Å². The van der Waals surface area contributed by atoms with Crippen LogP contribution in [0, 0.1) is 0 Å². The highest BCUT2D eigenvalue weighted by molar-refractivity contribution is 5.85. The van der Waals surface area contributed by atoms with E-state index in [1.54, 1.807) is 19.0 Å². The van der Waals surface area contributed by atoms with E-state index in [1.807, 2.05) is 42.3 Å². The molecular weight excluding hydrogens is 354 g/mol. The molecule has 146 valence electrons. The van der Waals surface area contributed by atoms with Crippen LogP contribution in [-0.4, -0.2) is 78.5 Å². The van der Waals surface area contributed by atoms with Crippen molar-refractivity contribution in [1.29, 1.82) is 0 Å². The number of carbonyl (C=O) groups is 2. The molecule has 2 atom stereocenters. The van der Waals surface area contributed by atoms with Gasteiger partial charge < -0.3 is 10.0 Å². The van der Waals surface area contributed by atoms with Crippen LogP contribution < -0.4 is 0 Å². The standard InChI is InChI=1S/C19H29N3O3.ClH/c1-20(2)19(25)18(15-8-5-4-6-9-15)22-12-7-10-16(11-13-22)21(3)14-17(23)24;/h4-6,8-9,16,18H,7,10-14H2,1-3H3,(H,23,24);1H. The molecule has 0 radical (unpaired) electrons. The number of aliphatic carboxylic acids is 1. The van der Waals surface area contributed by atoms with Crippen LogP contribution in [0.4, 0.5) is 0 Å². The number of rotatable bonds is 6. The summed E-state index contributed by atoms with van der Waals surface area (Å²) < 4.78 is 0. The Balaban J connectivity index is 0.00000338. The van der Waals surface area contributed by atoms with Crippen LogP contribution in [0.15, 0.2) is 30.3 Å². The van der Waals surface area contributed by atoms with E-state index < -0.39 is 5.97 Å². The van der Waals surface area contributed by atoms with Gasteiger partial charge in [-0.2, -0.15) is 0 Å². The Bertz CT molecular complexity index is 583. The van der Waals surface area contributed by atoms with E-state index in [0.29, 0.717) is 0 Å². The molecule has 1 N–H and O–H groups in total. The molecule has 0 aliphatic carbocycles. The molecule has 1 aliphatic rings. The number of benzene rings is 1. The van der Waals surface area contributed by atoms with Crippen molar-refractivity contribution in [3.05, 3.63) is 35.9 Å². The lowest BCUT2D eigenvalue weighted by Gasteiger charge is -2.32. The van der Waals surface area contributed by atoms with Gasteiger partial charge in [-0.15, -0.1) is 12.4 Å². The molecule has 1 heterocycles. The third-order valence-corrected chi connectivity index (χ3v) is 4.90. The molecule has 1 aliphatic heterocycles. The Hall–Kier alpha value is -1.63. The molecule has 0 spiro atoms. The molecule has 0 saturated carbocycles. The van der Waals surface area contributed by atoms with Crippen LogP contribution in [0.3, 0.4) is 0 Å². The minimum atomic E-state index is -0.798. The third-order valence-electron chi connectivity index (χ3n) is 4.90. The van der Waals surface area contributed by atoms with Gasteiger partial charge in [0.15, 0.2) is 0 Å². The van der Waals surface area contributed by atoms with Gasteiger partial charge in [0.2, 0.25) is 5.91 Å². The molecule has 0 aromatic heterocycles. The van der Waals surface area contributed by atoms with Crippen molar-refractivity contribution >= 4 is 24.3 Å². The summed E-state index contributed by atoms with van der Waals surface area (Å²) in [5.74, 6) is -0.711. The second-order valence-corrected chi connectivity index (χ2v) is 6.98. The lowest BCUT2D eigenvalue weighted by Crippen LogP contribution is -2.41. The van der Waals surface area contributed by atoms with Crippen LogP contribution in [0.5, 0.6) is 0 Å². The molecule has 1 aromatic carbocycles. The van der Waals surface area contributed by atoms with Crippen LogP contribution in [0.1, 0.15) is 30.9 Å². The fraction of sp³-hybridized carbons (Fsp3) is 0.579. The number of halogens is 1. The molecule has 1 amide bonds. The number of amides is 1. The predicted octanol–water partition coefficient (Wildman–Crippen LogP) is 2.11. The Kier molecular flexibility index (Phi) is 9.05. The number of carboxylic acids is 1. The van der Waals surface area contributed by atoms with Crippen molar-refractivity contribution in [2.45, 2.75) is 31.3 Å². The van der Waals surface area contributed by atoms with E-state index in [1.165, 1.54) is 0 Å². The first-order valence-electron chi connectivity index (χ1n) is 8.82. The number of carbonyl (C=O) groups excluding carboxylic acids is 1. The van der Waals surface area contributed by atoms with E-state index in [9.17, 15) is 9.59 Å². The quantitative estimate of drug-likeness (QED) is 0.815. The van der Waals surface area contributed by atoms with Gasteiger partial charge in [-0.3, -0.25) is 19.4 Å². The first-order valence-corrected chi connectivity index (χ1v) is 8.82. The molecule has 1 fully saturated rings. The maximum atomic E-state index is 12.8. The van der Waals surface area contributed by atoms with E-state index >= 15 is 0 Å². The largest absolute Gasteiger partial charge is 0.480 e. The van der Waals surface area contributed by atoms with Crippen LogP contribution in [0.2, 0.25) is 0 Å². The lowest BCUT2D eigenvalue weighted by molar-refractivity contribution is -0.138. The summed E-state index contributed by atoms with van der Waals surface area (Å²) in [7, 11) is 5.45. The van der Waals surface area contributed by atoms with Gasteiger partial charge >= 0.3 is 5.97 Å². The zero-order valence-electron chi connectivity index (χ0n) is 15.8. The van der Waals surface area contributed by atoms with Crippen molar-refractivity contribution in [3.8, 4) is 0 Å². The summed E-state index contributed by atoms with van der Waals surface area (Å²) >= 11 is 0. The third kappa shape index (κ3) is 5.97. The minimum Gasteiger partial charge on any atom is -0.480 e. The number of likely N-dealkylation sites (N-methyl/N-ethyl adjacent to an activating group) is 2. The average Bonchev–Trinajstić information content (AvgIpc) is 2.81. The van der Waals surface area contributed by atoms with Crippen molar-refractivity contribution in [1.82, 2.24) is 14.7 Å². The fourth-order valence-corrected chi connectivity index (χ4v) is 3.53. The van der Waals surface area contributed by atoms with E-state index in [-0.39, 0.29) is 36.9 Å². The summed E-state index contributed by atoms with van der Waals surface area (Å²) in [6.07, 6.45) is 2.78. The predicted molar refractivity (Wildman–Crippen MR) is 105 cm³/mol. The van der Waals surface area contributed by atoms with Crippen molar-refractivity contribution < 1.29 is 14.7 Å². The van der Waals surface area contributed by atoms with Crippen LogP contribution >= 0.6 is 12.4 Å². The second kappa shape index (κ2) is 10.5. The molecule has 6 nitrogen and oxygen atoms in total. The minimum absolute atomic E-state index is 0. The molecular formula is C19H30ClN3O3. The van der Waals surface area contributed by atoms with Gasteiger partial charge in [0.1, 0.15) is 6.04 Å². The SMILES string of the molecule is CN(C)C(=O)C(c1ccccc1)N1CCCC(N(C)CC(=O)O)CC1.Cl. The molecule has 2 unspecified atom stereocenters. The molecule has 2 rings (SSSR count). The fourth-order valence-electron chi connectivity index (χ4n) is 3.53. The number of nitrogens with zero attached hydrogens (tertiary/aromatic N) is 3. The molecule has 0 bridgehead atoms. The van der Waals surface area contributed by atoms with Crippen molar-refractivity contribution in [3.63, 3.8) is 0 Å². The molecule has 1 saturated heterocycles. The smallest absolute Gasteiger partial charge is 0.317 e.